The number of benzene rings is 3. The molecule has 0 spiro atoms. The maximum atomic E-state index is 14.3. The van der Waals surface area contributed by atoms with Crippen molar-refractivity contribution in [1.29, 1.82) is 0 Å². The second-order valence-corrected chi connectivity index (χ2v) is 11.7. The van der Waals surface area contributed by atoms with E-state index in [2.05, 4.69) is 4.98 Å². The van der Waals surface area contributed by atoms with Gasteiger partial charge in [0.2, 0.25) is 15.9 Å². The van der Waals surface area contributed by atoms with Gasteiger partial charge in [-0.05, 0) is 42.7 Å². The smallest absolute Gasteiger partial charge is 0.245 e. The zero-order valence-corrected chi connectivity index (χ0v) is 21.1. The lowest BCUT2D eigenvalue weighted by atomic mass is 9.96. The summed E-state index contributed by atoms with van der Waals surface area (Å²) in [5.41, 5.74) is 1.05. The second-order valence-electron chi connectivity index (χ2n) is 8.75. The maximum absolute atomic E-state index is 14.3. The largest absolute Gasteiger partial charge is 0.283 e. The van der Waals surface area contributed by atoms with Crippen molar-refractivity contribution in [2.24, 2.45) is 5.92 Å². The second kappa shape index (κ2) is 10.2. The monoisotopic (exact) mass is 545 g/mol. The first-order valence-electron chi connectivity index (χ1n) is 11.6. The minimum absolute atomic E-state index is 0.00318. The van der Waals surface area contributed by atoms with Crippen LogP contribution in [0, 0.1) is 23.4 Å². The molecular weight excluding hydrogens is 523 g/mol. The van der Waals surface area contributed by atoms with Crippen LogP contribution >= 0.6 is 11.3 Å². The number of rotatable bonds is 6. The molecule has 1 aliphatic heterocycles. The van der Waals surface area contributed by atoms with Gasteiger partial charge in [-0.15, -0.1) is 0 Å². The average Bonchev–Trinajstić information content (AvgIpc) is 3.33. The van der Waals surface area contributed by atoms with E-state index in [1.54, 1.807) is 12.1 Å². The van der Waals surface area contributed by atoms with Crippen molar-refractivity contribution in [2.75, 3.05) is 18.0 Å². The van der Waals surface area contributed by atoms with Crippen LogP contribution in [-0.4, -0.2) is 36.7 Å². The number of halogens is 3. The Balaban J connectivity index is 1.38. The molecule has 0 bridgehead atoms. The number of para-hydroxylation sites is 1. The number of carbonyl (C=O) groups is 1. The van der Waals surface area contributed by atoms with Gasteiger partial charge in [0.05, 0.1) is 11.2 Å². The minimum atomic E-state index is -4.19. The molecule has 0 N–H and O–H groups in total. The first kappa shape index (κ1) is 25.4. The van der Waals surface area contributed by atoms with Gasteiger partial charge in [0.15, 0.2) is 5.13 Å². The molecule has 3 aromatic carbocycles. The molecule has 1 fully saturated rings. The van der Waals surface area contributed by atoms with E-state index in [1.807, 2.05) is 30.3 Å². The number of sulfonamides is 1. The molecule has 0 saturated carbocycles. The number of piperidine rings is 1. The van der Waals surface area contributed by atoms with Gasteiger partial charge in [-0.25, -0.2) is 26.6 Å². The van der Waals surface area contributed by atoms with Crippen molar-refractivity contribution >= 4 is 42.6 Å². The van der Waals surface area contributed by atoms with Gasteiger partial charge < -0.3 is 0 Å². The molecule has 0 radical (unpaired) electrons. The predicted octanol–water partition coefficient (Wildman–Crippen LogP) is 5.35. The van der Waals surface area contributed by atoms with E-state index >= 15 is 0 Å². The molecule has 0 aliphatic carbocycles. The fourth-order valence-electron chi connectivity index (χ4n) is 4.41. The Bertz CT molecular complexity index is 1550. The van der Waals surface area contributed by atoms with Gasteiger partial charge in [-0.1, -0.05) is 47.7 Å². The molecule has 0 atom stereocenters. The standard InChI is InChI=1S/C26H22F3N3O3S2/c27-19-9-10-23(21(29)15-19)37(34,35)31-13-11-18(12-14-31)25(33)32(16-17-5-2-1-3-6-17)26-30-24-20(28)7-4-8-22(24)36-26/h1-10,15,18H,11-14,16H2. The van der Waals surface area contributed by atoms with Crippen LogP contribution in [0.1, 0.15) is 18.4 Å². The number of anilines is 1. The molecule has 37 heavy (non-hydrogen) atoms. The Morgan fingerprint density at radius 1 is 0.973 bits per heavy atom. The SMILES string of the molecule is O=C(C1CCN(S(=O)(=O)c2ccc(F)cc2F)CC1)N(Cc1ccccc1)c1nc2c(F)cccc2s1. The normalized spacial score (nSPS) is 15.2. The molecular formula is C26H22F3N3O3S2. The van der Waals surface area contributed by atoms with Crippen molar-refractivity contribution < 1.29 is 26.4 Å². The molecule has 1 amide bonds. The Morgan fingerprint density at radius 3 is 2.38 bits per heavy atom. The average molecular weight is 546 g/mol. The third kappa shape index (κ3) is 5.11. The Labute approximate surface area is 216 Å². The molecule has 0 unspecified atom stereocenters. The summed E-state index contributed by atoms with van der Waals surface area (Å²) in [4.78, 5) is 19.0. The molecule has 5 rings (SSSR count). The highest BCUT2D eigenvalue weighted by Crippen LogP contribution is 2.34. The number of nitrogens with zero attached hydrogens (tertiary/aromatic N) is 3. The Kier molecular flexibility index (Phi) is 7.02. The van der Waals surface area contributed by atoms with Crippen LogP contribution in [-0.2, 0) is 21.4 Å². The number of hydrogen-bond donors (Lipinski definition) is 0. The highest BCUT2D eigenvalue weighted by Gasteiger charge is 2.36. The van der Waals surface area contributed by atoms with Gasteiger partial charge in [0, 0.05) is 25.1 Å². The van der Waals surface area contributed by atoms with E-state index in [0.717, 1.165) is 22.0 Å². The molecule has 6 nitrogen and oxygen atoms in total. The van der Waals surface area contributed by atoms with Crippen molar-refractivity contribution in [3.8, 4) is 0 Å². The number of amides is 1. The van der Waals surface area contributed by atoms with Gasteiger partial charge in [0.1, 0.15) is 27.9 Å². The Morgan fingerprint density at radius 2 is 1.70 bits per heavy atom. The van der Waals surface area contributed by atoms with Crippen LogP contribution in [0.5, 0.6) is 0 Å². The number of hydrogen-bond acceptors (Lipinski definition) is 5. The fraction of sp³-hybridized carbons (Fsp3) is 0.231. The zero-order chi connectivity index (χ0) is 26.2. The number of fused-ring (bicyclic) bond motifs is 1. The molecule has 1 saturated heterocycles. The van der Waals surface area contributed by atoms with Gasteiger partial charge in [-0.3, -0.25) is 9.69 Å². The van der Waals surface area contributed by atoms with Crippen molar-refractivity contribution in [3.05, 3.63) is 89.7 Å². The predicted molar refractivity (Wildman–Crippen MR) is 135 cm³/mol. The third-order valence-corrected chi connectivity index (χ3v) is 9.33. The summed E-state index contributed by atoms with van der Waals surface area (Å²) in [5, 5.41) is 0.359. The Hall–Kier alpha value is -3.28. The van der Waals surface area contributed by atoms with Crippen molar-refractivity contribution in [3.63, 3.8) is 0 Å². The van der Waals surface area contributed by atoms with E-state index in [1.165, 1.54) is 22.3 Å². The lowest BCUT2D eigenvalue weighted by Gasteiger charge is -2.33. The highest BCUT2D eigenvalue weighted by atomic mass is 32.2. The fourth-order valence-corrected chi connectivity index (χ4v) is 6.91. The van der Waals surface area contributed by atoms with Crippen LogP contribution in [0.25, 0.3) is 10.2 Å². The molecule has 11 heteroatoms. The number of carbonyl (C=O) groups excluding carboxylic acids is 1. The first-order chi connectivity index (χ1) is 17.7. The van der Waals surface area contributed by atoms with Gasteiger partial charge in [-0.2, -0.15) is 4.31 Å². The van der Waals surface area contributed by atoms with E-state index in [0.29, 0.717) is 15.9 Å². The topological polar surface area (TPSA) is 70.6 Å². The lowest BCUT2D eigenvalue weighted by Crippen LogP contribution is -2.44. The number of aromatic nitrogens is 1. The van der Waals surface area contributed by atoms with E-state index in [-0.39, 0.29) is 43.9 Å². The lowest BCUT2D eigenvalue weighted by molar-refractivity contribution is -0.123. The molecule has 192 valence electrons. The summed E-state index contributed by atoms with van der Waals surface area (Å²) in [7, 11) is -4.19. The first-order valence-corrected chi connectivity index (χ1v) is 13.9. The van der Waals surface area contributed by atoms with Crippen LogP contribution in [0.4, 0.5) is 18.3 Å². The highest BCUT2D eigenvalue weighted by molar-refractivity contribution is 7.89. The summed E-state index contributed by atoms with van der Waals surface area (Å²) < 4.78 is 69.4. The zero-order valence-electron chi connectivity index (χ0n) is 19.5. The summed E-state index contributed by atoms with van der Waals surface area (Å²) in [6.07, 6.45) is 0.427. The quantitative estimate of drug-likeness (QED) is 0.328. The van der Waals surface area contributed by atoms with E-state index < -0.39 is 38.3 Å². The van der Waals surface area contributed by atoms with Crippen LogP contribution in [0.15, 0.2) is 71.6 Å². The third-order valence-electron chi connectivity index (χ3n) is 6.35. The maximum Gasteiger partial charge on any atom is 0.245 e. The summed E-state index contributed by atoms with van der Waals surface area (Å²) in [6.45, 7) is 0.229. The van der Waals surface area contributed by atoms with Gasteiger partial charge >= 0.3 is 0 Å². The molecule has 1 aromatic heterocycles. The van der Waals surface area contributed by atoms with Crippen molar-refractivity contribution in [1.82, 2.24) is 9.29 Å². The molecule has 4 aromatic rings. The number of thiazole rings is 1. The van der Waals surface area contributed by atoms with Crippen LogP contribution in [0.3, 0.4) is 0 Å². The summed E-state index contributed by atoms with van der Waals surface area (Å²) in [6, 6.07) is 16.3. The van der Waals surface area contributed by atoms with Gasteiger partial charge in [0.25, 0.3) is 0 Å². The van der Waals surface area contributed by atoms with Crippen LogP contribution in [0.2, 0.25) is 0 Å². The summed E-state index contributed by atoms with van der Waals surface area (Å²) in [5.74, 6) is -3.25. The van der Waals surface area contributed by atoms with E-state index in [4.69, 9.17) is 0 Å². The molecule has 2 heterocycles. The van der Waals surface area contributed by atoms with Crippen LogP contribution < -0.4 is 4.90 Å². The van der Waals surface area contributed by atoms with E-state index in [9.17, 15) is 26.4 Å². The molecule has 1 aliphatic rings. The summed E-state index contributed by atoms with van der Waals surface area (Å²) >= 11 is 1.21. The van der Waals surface area contributed by atoms with Crippen molar-refractivity contribution in [2.45, 2.75) is 24.3 Å². The minimum Gasteiger partial charge on any atom is -0.283 e.